The average Bonchev–Trinajstić information content (AvgIpc) is 3.58. The Morgan fingerprint density at radius 1 is 1.18 bits per heavy atom. The molecule has 8 nitrogen and oxygen atoms in total. The third kappa shape index (κ3) is 5.56. The molecule has 3 fully saturated rings. The van der Waals surface area contributed by atoms with Gasteiger partial charge in [-0.1, -0.05) is 49.9 Å². The van der Waals surface area contributed by atoms with Crippen molar-refractivity contribution in [2.45, 2.75) is 115 Å². The largest absolute Gasteiger partial charge is 0.444 e. The van der Waals surface area contributed by atoms with E-state index in [-0.39, 0.29) is 36.1 Å². The number of rotatable bonds is 6. The zero-order valence-electron chi connectivity index (χ0n) is 26.9. The van der Waals surface area contributed by atoms with Crippen LogP contribution in [0.15, 0.2) is 59.8 Å². The average molecular weight is 598 g/mol. The maximum Gasteiger partial charge on any atom is 0.408 e. The summed E-state index contributed by atoms with van der Waals surface area (Å²) in [5.74, 6) is 0.497. The summed E-state index contributed by atoms with van der Waals surface area (Å²) in [6.07, 6.45) is 9.59. The number of piperazine rings is 1. The van der Waals surface area contributed by atoms with Gasteiger partial charge < -0.3 is 19.9 Å². The van der Waals surface area contributed by atoms with Gasteiger partial charge in [0.1, 0.15) is 11.6 Å². The Kier molecular flexibility index (Phi) is 8.13. The molecule has 0 saturated carbocycles. The predicted octanol–water partition coefficient (Wildman–Crippen LogP) is 5.64. The third-order valence-corrected chi connectivity index (χ3v) is 10.4. The minimum absolute atomic E-state index is 0.0210. The van der Waals surface area contributed by atoms with Crippen LogP contribution < -0.4 is 5.32 Å². The molecule has 5 aliphatic rings. The molecule has 44 heavy (non-hydrogen) atoms. The number of amides is 2. The Hall–Kier alpha value is -3.57. The second-order valence-electron chi connectivity index (χ2n) is 14.4. The number of benzene rings is 1. The quantitative estimate of drug-likeness (QED) is 0.457. The maximum absolute atomic E-state index is 14.3. The van der Waals surface area contributed by atoms with Crippen molar-refractivity contribution in [1.29, 1.82) is 5.26 Å². The van der Waals surface area contributed by atoms with E-state index in [1.807, 2.05) is 20.8 Å². The number of alkyl carbamates (subject to hydrolysis) is 1. The molecule has 6 unspecified atom stereocenters. The minimum Gasteiger partial charge on any atom is -0.444 e. The summed E-state index contributed by atoms with van der Waals surface area (Å²) in [7, 11) is 0. The van der Waals surface area contributed by atoms with Gasteiger partial charge in [0.2, 0.25) is 5.91 Å². The van der Waals surface area contributed by atoms with E-state index < -0.39 is 17.7 Å². The molecule has 8 heteroatoms. The number of nitriles is 1. The number of allylic oxidation sites excluding steroid dienone is 3. The van der Waals surface area contributed by atoms with Gasteiger partial charge in [-0.3, -0.25) is 9.69 Å². The lowest BCUT2D eigenvalue weighted by molar-refractivity contribution is -0.138. The van der Waals surface area contributed by atoms with Crippen LogP contribution in [0.25, 0.3) is 0 Å². The standard InChI is InChI=1S/C36H47N5O3/c1-22-17-27(19-37)40(23(22)2)24(3)31(38-35(43)44-36(4,5)6)21-39-20-28-18-32(39)34(42)41(28)33-29-13-9-7-11-25(29)15-16-26-12-8-10-14-30(26)33/h7-9,11-13,22-23,27-28,31-33H,3,10,14-18,20-21H2,1-2,4-6H3,(H,38,43)/t22?,23?,27?,28-,31?,32?,33?/m0/s1. The summed E-state index contributed by atoms with van der Waals surface area (Å²) in [5, 5.41) is 13.0. The third-order valence-electron chi connectivity index (χ3n) is 10.4. The molecule has 1 aromatic carbocycles. The second kappa shape index (κ2) is 11.7. The first kappa shape index (κ1) is 30.5. The molecule has 3 saturated heterocycles. The van der Waals surface area contributed by atoms with Crippen molar-refractivity contribution in [1.82, 2.24) is 20.0 Å². The number of nitrogens with one attached hydrogen (secondary N) is 1. The molecule has 1 N–H and O–H groups in total. The van der Waals surface area contributed by atoms with Crippen LogP contribution in [0.1, 0.15) is 83.9 Å². The smallest absolute Gasteiger partial charge is 0.408 e. The van der Waals surface area contributed by atoms with Gasteiger partial charge in [0.15, 0.2) is 0 Å². The van der Waals surface area contributed by atoms with E-state index in [9.17, 15) is 14.9 Å². The Labute approximate surface area is 262 Å². The molecule has 3 aliphatic heterocycles. The first-order valence-corrected chi connectivity index (χ1v) is 16.4. The summed E-state index contributed by atoms with van der Waals surface area (Å²) in [5.41, 5.74) is 5.46. The highest BCUT2D eigenvalue weighted by molar-refractivity contribution is 5.87. The van der Waals surface area contributed by atoms with E-state index in [0.29, 0.717) is 18.2 Å². The number of ether oxygens (including phenoxy) is 1. The van der Waals surface area contributed by atoms with Crippen molar-refractivity contribution in [3.8, 4) is 6.07 Å². The van der Waals surface area contributed by atoms with Crippen molar-refractivity contribution in [3.05, 3.63) is 71.0 Å². The first-order valence-electron chi connectivity index (χ1n) is 16.4. The van der Waals surface area contributed by atoms with E-state index in [1.54, 1.807) is 0 Å². The Bertz CT molecular complexity index is 1430. The van der Waals surface area contributed by atoms with E-state index >= 15 is 0 Å². The number of fused-ring (bicyclic) bond motifs is 3. The molecule has 7 atom stereocenters. The molecule has 1 aromatic rings. The molecule has 2 aliphatic carbocycles. The highest BCUT2D eigenvalue weighted by Crippen LogP contribution is 2.47. The summed E-state index contributed by atoms with van der Waals surface area (Å²) in [6, 6.07) is 10.2. The van der Waals surface area contributed by atoms with Gasteiger partial charge in [0.25, 0.3) is 0 Å². The lowest BCUT2D eigenvalue weighted by Crippen LogP contribution is -2.57. The number of aryl methyl sites for hydroxylation is 1. The number of nitrogens with zero attached hydrogens (tertiary/aromatic N) is 4. The zero-order chi connectivity index (χ0) is 31.3. The van der Waals surface area contributed by atoms with Crippen LogP contribution in [0.5, 0.6) is 0 Å². The highest BCUT2D eigenvalue weighted by atomic mass is 16.6. The van der Waals surface area contributed by atoms with Gasteiger partial charge in [-0.25, -0.2) is 4.79 Å². The van der Waals surface area contributed by atoms with Crippen LogP contribution in [0.2, 0.25) is 0 Å². The molecular formula is C36H47N5O3. The van der Waals surface area contributed by atoms with Gasteiger partial charge in [0.05, 0.1) is 24.2 Å². The fourth-order valence-electron chi connectivity index (χ4n) is 8.22. The van der Waals surface area contributed by atoms with Crippen molar-refractivity contribution >= 4 is 12.0 Å². The molecule has 2 bridgehead atoms. The summed E-state index contributed by atoms with van der Waals surface area (Å²) in [4.78, 5) is 33.9. The van der Waals surface area contributed by atoms with E-state index in [1.165, 1.54) is 22.3 Å². The molecule has 3 heterocycles. The number of carbonyl (C=O) groups is 2. The monoisotopic (exact) mass is 597 g/mol. The number of carbonyl (C=O) groups excluding carboxylic acids is 2. The molecule has 6 rings (SSSR count). The highest BCUT2D eigenvalue weighted by Gasteiger charge is 2.54. The summed E-state index contributed by atoms with van der Waals surface area (Å²) in [6.45, 7) is 15.4. The van der Waals surface area contributed by atoms with Crippen LogP contribution in [0.4, 0.5) is 4.79 Å². The minimum atomic E-state index is -0.652. The van der Waals surface area contributed by atoms with Crippen LogP contribution in [-0.2, 0) is 16.0 Å². The van der Waals surface area contributed by atoms with Crippen LogP contribution >= 0.6 is 0 Å². The van der Waals surface area contributed by atoms with Crippen molar-refractivity contribution in [2.24, 2.45) is 5.92 Å². The Morgan fingerprint density at radius 2 is 1.95 bits per heavy atom. The Balaban J connectivity index is 1.26. The summed E-state index contributed by atoms with van der Waals surface area (Å²) >= 11 is 0. The molecule has 0 radical (unpaired) electrons. The molecule has 0 spiro atoms. The van der Waals surface area contributed by atoms with E-state index in [2.05, 4.69) is 82.9 Å². The van der Waals surface area contributed by atoms with Crippen molar-refractivity contribution < 1.29 is 14.3 Å². The van der Waals surface area contributed by atoms with Gasteiger partial charge in [-0.15, -0.1) is 0 Å². The van der Waals surface area contributed by atoms with E-state index in [0.717, 1.165) is 45.1 Å². The number of likely N-dealkylation sites (tertiary alicyclic amines) is 3. The van der Waals surface area contributed by atoms with Crippen LogP contribution in [-0.4, -0.2) is 75.6 Å². The molecule has 2 amide bonds. The van der Waals surface area contributed by atoms with Crippen LogP contribution in [0.3, 0.4) is 0 Å². The lowest BCUT2D eigenvalue weighted by atomic mass is 9.87. The molecule has 234 valence electrons. The van der Waals surface area contributed by atoms with Gasteiger partial charge in [-0.05, 0) is 94.4 Å². The fraction of sp³-hybridized carbons (Fsp3) is 0.583. The molecular weight excluding hydrogens is 550 g/mol. The van der Waals surface area contributed by atoms with Gasteiger partial charge in [-0.2, -0.15) is 5.26 Å². The van der Waals surface area contributed by atoms with Crippen molar-refractivity contribution in [3.63, 3.8) is 0 Å². The SMILES string of the molecule is C=C(C(CN1C[C@@H]2CC1C(=O)N2C1C2=C(C=CCC2)CCc2ccccc21)NC(=O)OC(C)(C)C)N1C(C#N)CC(C)C1C. The predicted molar refractivity (Wildman–Crippen MR) is 170 cm³/mol. The van der Waals surface area contributed by atoms with E-state index in [4.69, 9.17) is 4.74 Å². The number of hydrogen-bond donors (Lipinski definition) is 1. The van der Waals surface area contributed by atoms with Gasteiger partial charge >= 0.3 is 6.09 Å². The zero-order valence-corrected chi connectivity index (χ0v) is 26.9. The lowest BCUT2D eigenvalue weighted by Gasteiger charge is -2.42. The number of hydrogen-bond acceptors (Lipinski definition) is 6. The topological polar surface area (TPSA) is 88.9 Å². The fourth-order valence-corrected chi connectivity index (χ4v) is 8.22. The van der Waals surface area contributed by atoms with Gasteiger partial charge in [0, 0.05) is 30.9 Å². The summed E-state index contributed by atoms with van der Waals surface area (Å²) < 4.78 is 5.64. The normalized spacial score (nSPS) is 30.5. The van der Waals surface area contributed by atoms with Crippen molar-refractivity contribution in [2.75, 3.05) is 13.1 Å². The second-order valence-corrected chi connectivity index (χ2v) is 14.4. The Morgan fingerprint density at radius 3 is 2.68 bits per heavy atom. The van der Waals surface area contributed by atoms with Crippen LogP contribution in [0, 0.1) is 17.2 Å². The molecule has 0 aromatic heterocycles. The maximum atomic E-state index is 14.3. The first-order chi connectivity index (χ1) is 21.0.